The summed E-state index contributed by atoms with van der Waals surface area (Å²) < 4.78 is 12.5. The average molecular weight is 738 g/mol. The van der Waals surface area contributed by atoms with Crippen molar-refractivity contribution >= 4 is 40.0 Å². The molecule has 3 amide bonds. The van der Waals surface area contributed by atoms with Crippen molar-refractivity contribution in [2.75, 3.05) is 13.7 Å². The Morgan fingerprint density at radius 2 is 1.91 bits per heavy atom. The van der Waals surface area contributed by atoms with E-state index >= 15 is 0 Å². The molecule has 13 heteroatoms. The maximum atomic E-state index is 14.5. The zero-order chi connectivity index (χ0) is 37.2. The van der Waals surface area contributed by atoms with Crippen molar-refractivity contribution in [1.82, 2.24) is 35.5 Å². The quantitative estimate of drug-likeness (QED) is 0.216. The Kier molecular flexibility index (Phi) is 10.7. The minimum absolute atomic E-state index is 0.0371. The van der Waals surface area contributed by atoms with Crippen molar-refractivity contribution in [2.45, 2.75) is 103 Å². The number of thiazole rings is 1. The molecular formula is C40H47N7O5S. The number of nitrogens with zero attached hydrogens (tertiary/aromatic N) is 5. The normalized spacial score (nSPS) is 24.1. The first kappa shape index (κ1) is 36.4. The van der Waals surface area contributed by atoms with E-state index in [-0.39, 0.29) is 42.4 Å². The predicted molar refractivity (Wildman–Crippen MR) is 203 cm³/mol. The molecule has 0 radical (unpaired) electrons. The SMILES string of the molecule is COc1ccc2c(O[C@@H]3CC4C(=O)NC5C[C@H]5/C=C\CCCCC[C@H](NC(=O)c5cnc(C)cn5)C(=O)N4C3)cc(-c3nc(C(C)C)cs3)nc2c1C. The second kappa shape index (κ2) is 15.6. The van der Waals surface area contributed by atoms with Gasteiger partial charge in [0.25, 0.3) is 5.91 Å². The molecule has 1 aromatic carbocycles. The second-order valence-corrected chi connectivity index (χ2v) is 15.5. The number of hydrogen-bond donors (Lipinski definition) is 2. The molecule has 53 heavy (non-hydrogen) atoms. The Bertz CT molecular complexity index is 2030. The molecule has 3 aromatic heterocycles. The molecule has 0 spiro atoms. The Labute approximate surface area is 313 Å². The smallest absolute Gasteiger partial charge is 0.272 e. The van der Waals surface area contributed by atoms with Crippen LogP contribution in [0, 0.1) is 19.8 Å². The van der Waals surface area contributed by atoms with Crippen LogP contribution in [-0.4, -0.2) is 80.4 Å². The van der Waals surface area contributed by atoms with Crippen LogP contribution in [0.2, 0.25) is 0 Å². The lowest BCUT2D eigenvalue weighted by molar-refractivity contribution is -0.140. The van der Waals surface area contributed by atoms with Crippen molar-refractivity contribution in [3.8, 4) is 22.2 Å². The second-order valence-electron chi connectivity index (χ2n) is 14.7. The van der Waals surface area contributed by atoms with Gasteiger partial charge < -0.3 is 25.0 Å². The molecule has 7 rings (SSSR count). The lowest BCUT2D eigenvalue weighted by Crippen LogP contribution is -2.54. The van der Waals surface area contributed by atoms with Gasteiger partial charge in [0.1, 0.15) is 46.1 Å². The van der Waals surface area contributed by atoms with Crippen molar-refractivity contribution in [1.29, 1.82) is 0 Å². The van der Waals surface area contributed by atoms with E-state index in [1.54, 1.807) is 18.9 Å². The van der Waals surface area contributed by atoms with Gasteiger partial charge in [-0.3, -0.25) is 19.4 Å². The predicted octanol–water partition coefficient (Wildman–Crippen LogP) is 6.07. The highest BCUT2D eigenvalue weighted by Crippen LogP contribution is 2.38. The first-order valence-electron chi connectivity index (χ1n) is 18.6. The van der Waals surface area contributed by atoms with E-state index in [1.807, 2.05) is 25.1 Å². The maximum absolute atomic E-state index is 14.5. The Morgan fingerprint density at radius 1 is 1.06 bits per heavy atom. The number of carbonyl (C=O) groups is 3. The number of fused-ring (bicyclic) bond motifs is 3. The van der Waals surface area contributed by atoms with Crippen LogP contribution < -0.4 is 20.1 Å². The van der Waals surface area contributed by atoms with Gasteiger partial charge in [-0.25, -0.2) is 15.0 Å². The van der Waals surface area contributed by atoms with E-state index in [2.05, 4.69) is 52.0 Å². The summed E-state index contributed by atoms with van der Waals surface area (Å²) in [6.45, 7) is 8.15. The Morgan fingerprint density at radius 3 is 2.66 bits per heavy atom. The first-order valence-corrected chi connectivity index (χ1v) is 19.4. The largest absolute Gasteiger partial charge is 0.496 e. The molecule has 5 heterocycles. The van der Waals surface area contributed by atoms with Gasteiger partial charge in [-0.2, -0.15) is 0 Å². The molecule has 4 aromatic rings. The van der Waals surface area contributed by atoms with Crippen LogP contribution in [0.3, 0.4) is 0 Å². The molecule has 1 saturated carbocycles. The number of nitrogens with one attached hydrogen (secondary N) is 2. The van der Waals surface area contributed by atoms with E-state index in [0.717, 1.165) is 59.3 Å². The number of carbonyl (C=O) groups excluding carboxylic acids is 3. The topological polar surface area (TPSA) is 149 Å². The zero-order valence-electron chi connectivity index (χ0n) is 30.9. The third kappa shape index (κ3) is 8.04. The summed E-state index contributed by atoms with van der Waals surface area (Å²) in [5, 5.41) is 9.77. The monoisotopic (exact) mass is 737 g/mol. The third-order valence-corrected chi connectivity index (χ3v) is 11.3. The number of hydrogen-bond acceptors (Lipinski definition) is 10. The molecule has 2 aliphatic heterocycles. The van der Waals surface area contributed by atoms with Gasteiger partial charge in [-0.1, -0.05) is 38.8 Å². The highest BCUT2D eigenvalue weighted by atomic mass is 32.1. The van der Waals surface area contributed by atoms with Crippen LogP contribution in [-0.2, 0) is 9.59 Å². The highest BCUT2D eigenvalue weighted by molar-refractivity contribution is 7.13. The van der Waals surface area contributed by atoms with Crippen LogP contribution in [0.25, 0.3) is 21.6 Å². The summed E-state index contributed by atoms with van der Waals surface area (Å²) in [6, 6.07) is 4.15. The van der Waals surface area contributed by atoms with Crippen molar-refractivity contribution in [2.24, 2.45) is 5.92 Å². The van der Waals surface area contributed by atoms with E-state index < -0.39 is 24.1 Å². The van der Waals surface area contributed by atoms with E-state index in [4.69, 9.17) is 19.4 Å². The fourth-order valence-electron chi connectivity index (χ4n) is 7.16. The van der Waals surface area contributed by atoms with Crippen LogP contribution in [0.15, 0.2) is 48.1 Å². The Hall–Kier alpha value is -4.91. The fourth-order valence-corrected chi connectivity index (χ4v) is 8.10. The third-order valence-electron chi connectivity index (χ3n) is 10.4. The van der Waals surface area contributed by atoms with Crippen molar-refractivity contribution < 1.29 is 23.9 Å². The number of allylic oxidation sites excluding steroid dienone is 1. The number of pyridine rings is 1. The Balaban J connectivity index is 1.21. The summed E-state index contributed by atoms with van der Waals surface area (Å²) in [5.74, 6) is 0.874. The van der Waals surface area contributed by atoms with Crippen LogP contribution in [0.5, 0.6) is 11.5 Å². The summed E-state index contributed by atoms with van der Waals surface area (Å²) in [5.41, 5.74) is 4.09. The molecule has 5 atom stereocenters. The van der Waals surface area contributed by atoms with E-state index in [0.29, 0.717) is 35.2 Å². The molecule has 1 aliphatic carbocycles. The standard InChI is InChI=1S/C40H47N7O5S/c1-22(2)32-21-53-39(46-32)30-17-35(27-13-14-34(51-5)24(4)36(27)43-30)52-26-16-33-38(49)45-29-15-25(29)11-9-7-6-8-10-12-28(40(50)47(33)20-26)44-37(48)31-19-41-23(3)18-42-31/h9,11,13-14,17-19,21-22,25-26,28-29,33H,6-8,10,12,15-16,20H2,1-5H3,(H,44,48)(H,45,49)/b11-9-/t25-,26-,28+,29?,33?/m1/s1. The first-order chi connectivity index (χ1) is 25.6. The van der Waals surface area contributed by atoms with Gasteiger partial charge >= 0.3 is 0 Å². The van der Waals surface area contributed by atoms with Crippen molar-refractivity contribution in [3.05, 3.63) is 70.8 Å². The molecule has 2 N–H and O–H groups in total. The van der Waals surface area contributed by atoms with Gasteiger partial charge in [-0.15, -0.1) is 11.3 Å². The minimum atomic E-state index is -0.850. The van der Waals surface area contributed by atoms with Gasteiger partial charge in [0, 0.05) is 41.1 Å². The summed E-state index contributed by atoms with van der Waals surface area (Å²) >= 11 is 1.53. The fraction of sp³-hybridized carbons (Fsp3) is 0.475. The number of benzene rings is 1. The van der Waals surface area contributed by atoms with Gasteiger partial charge in [-0.05, 0) is 63.5 Å². The summed E-state index contributed by atoms with van der Waals surface area (Å²) in [4.78, 5) is 61.8. The highest BCUT2D eigenvalue weighted by Gasteiger charge is 2.46. The van der Waals surface area contributed by atoms with Crippen LogP contribution in [0.4, 0.5) is 0 Å². The van der Waals surface area contributed by atoms with Gasteiger partial charge in [0.2, 0.25) is 11.8 Å². The molecule has 1 saturated heterocycles. The van der Waals surface area contributed by atoms with E-state index in [9.17, 15) is 14.4 Å². The minimum Gasteiger partial charge on any atom is -0.496 e. The van der Waals surface area contributed by atoms with Crippen molar-refractivity contribution in [3.63, 3.8) is 0 Å². The van der Waals surface area contributed by atoms with Crippen LogP contribution in [0.1, 0.15) is 92.2 Å². The van der Waals surface area contributed by atoms with E-state index in [1.165, 1.54) is 23.7 Å². The number of methoxy groups -OCH3 is 1. The summed E-state index contributed by atoms with van der Waals surface area (Å²) in [7, 11) is 1.64. The molecule has 2 unspecified atom stereocenters. The number of amides is 3. The maximum Gasteiger partial charge on any atom is 0.272 e. The van der Waals surface area contributed by atoms with Crippen LogP contribution >= 0.6 is 11.3 Å². The number of aromatic nitrogens is 4. The zero-order valence-corrected chi connectivity index (χ0v) is 31.7. The summed E-state index contributed by atoms with van der Waals surface area (Å²) in [6.07, 6.45) is 12.0. The molecule has 3 aliphatic rings. The molecule has 278 valence electrons. The molecule has 12 nitrogen and oxygen atoms in total. The van der Waals surface area contributed by atoms with Gasteiger partial charge in [0.15, 0.2) is 0 Å². The molecule has 0 bridgehead atoms. The lowest BCUT2D eigenvalue weighted by atomic mass is 10.0. The lowest BCUT2D eigenvalue weighted by Gasteiger charge is -2.28. The molecule has 2 fully saturated rings. The molecular weight excluding hydrogens is 691 g/mol. The van der Waals surface area contributed by atoms with Gasteiger partial charge in [0.05, 0.1) is 36.8 Å². The number of rotatable bonds is 7. The average Bonchev–Trinajstić information content (AvgIpc) is 3.48. The number of ether oxygens (including phenoxy) is 2. The number of aryl methyl sites for hydroxylation is 2.